The molecular weight excluding hydrogens is 276 g/mol. The highest BCUT2D eigenvalue weighted by molar-refractivity contribution is 5.96. The minimum absolute atomic E-state index is 0. The van der Waals surface area contributed by atoms with Crippen LogP contribution in [0, 0.1) is 0 Å². The van der Waals surface area contributed by atoms with Crippen molar-refractivity contribution in [2.75, 3.05) is 31.7 Å². The van der Waals surface area contributed by atoms with Crippen LogP contribution >= 0.6 is 12.4 Å². The number of hydrogen-bond acceptors (Lipinski definition) is 3. The Bertz CT molecular complexity index is 445. The fraction of sp³-hybridized carbons (Fsp3) is 0.533. The Morgan fingerprint density at radius 3 is 2.80 bits per heavy atom. The first kappa shape index (κ1) is 17.0. The molecule has 5 heteroatoms. The molecule has 1 unspecified atom stereocenters. The Morgan fingerprint density at radius 1 is 1.45 bits per heavy atom. The first-order valence-corrected chi connectivity index (χ1v) is 6.78. The third-order valence-electron chi connectivity index (χ3n) is 3.47. The maximum absolute atomic E-state index is 12.4. The second-order valence-electron chi connectivity index (χ2n) is 5.23. The van der Waals surface area contributed by atoms with Gasteiger partial charge in [-0.05, 0) is 23.6 Å². The van der Waals surface area contributed by atoms with Gasteiger partial charge in [0.25, 0.3) is 0 Å². The van der Waals surface area contributed by atoms with Crippen LogP contribution in [0.5, 0.6) is 0 Å². The number of morpholine rings is 1. The number of benzene rings is 1. The summed E-state index contributed by atoms with van der Waals surface area (Å²) in [6, 6.07) is 7.90. The molecule has 0 radical (unpaired) electrons. The summed E-state index contributed by atoms with van der Waals surface area (Å²) in [5.41, 5.74) is 2.17. The quantitative estimate of drug-likeness (QED) is 0.930. The van der Waals surface area contributed by atoms with Crippen LogP contribution in [0.25, 0.3) is 0 Å². The molecule has 1 aromatic rings. The zero-order valence-corrected chi connectivity index (χ0v) is 13.1. The standard InChI is InChI=1S/C15H22N2O2.ClH/c1-11(2)12-5-4-6-13(9-12)17(3)15(18)14-10-19-8-7-16-14;/h4-6,9,11,14,16H,7-8,10H2,1-3H3;1H. The van der Waals surface area contributed by atoms with Crippen molar-refractivity contribution in [2.24, 2.45) is 0 Å². The Labute approximate surface area is 126 Å². The molecule has 1 heterocycles. The van der Waals surface area contributed by atoms with Crippen molar-refractivity contribution >= 4 is 24.0 Å². The van der Waals surface area contributed by atoms with E-state index in [1.54, 1.807) is 4.90 Å². The lowest BCUT2D eigenvalue weighted by atomic mass is 10.0. The number of carbonyl (C=O) groups is 1. The molecule has 2 rings (SSSR count). The molecule has 20 heavy (non-hydrogen) atoms. The average molecular weight is 299 g/mol. The highest BCUT2D eigenvalue weighted by Gasteiger charge is 2.25. The number of ether oxygens (including phenoxy) is 1. The van der Waals surface area contributed by atoms with Crippen molar-refractivity contribution in [1.29, 1.82) is 0 Å². The summed E-state index contributed by atoms with van der Waals surface area (Å²) in [7, 11) is 1.82. The van der Waals surface area contributed by atoms with Crippen LogP contribution in [0.3, 0.4) is 0 Å². The van der Waals surface area contributed by atoms with Gasteiger partial charge in [-0.1, -0.05) is 26.0 Å². The summed E-state index contributed by atoms with van der Waals surface area (Å²) in [4.78, 5) is 14.1. The second kappa shape index (κ2) is 7.62. The lowest BCUT2D eigenvalue weighted by Crippen LogP contribution is -2.51. The molecule has 1 aromatic carbocycles. The molecule has 0 saturated carbocycles. The van der Waals surface area contributed by atoms with Crippen LogP contribution < -0.4 is 10.2 Å². The molecular formula is C15H23ClN2O2. The second-order valence-corrected chi connectivity index (χ2v) is 5.23. The van der Waals surface area contributed by atoms with E-state index < -0.39 is 0 Å². The van der Waals surface area contributed by atoms with Gasteiger partial charge in [0.1, 0.15) is 6.04 Å². The third-order valence-corrected chi connectivity index (χ3v) is 3.47. The summed E-state index contributed by atoms with van der Waals surface area (Å²) in [6.45, 7) is 6.16. The van der Waals surface area contributed by atoms with Gasteiger partial charge < -0.3 is 15.0 Å². The number of nitrogens with zero attached hydrogens (tertiary/aromatic N) is 1. The predicted octanol–water partition coefficient (Wildman–Crippen LogP) is 2.18. The molecule has 1 saturated heterocycles. The first-order valence-electron chi connectivity index (χ1n) is 6.78. The highest BCUT2D eigenvalue weighted by atomic mass is 35.5. The maximum Gasteiger partial charge on any atom is 0.246 e. The number of amides is 1. The lowest BCUT2D eigenvalue weighted by Gasteiger charge is -2.28. The minimum Gasteiger partial charge on any atom is -0.378 e. The molecule has 1 fully saturated rings. The number of hydrogen-bond donors (Lipinski definition) is 1. The Balaban J connectivity index is 0.00000200. The van der Waals surface area contributed by atoms with E-state index in [2.05, 4.69) is 31.3 Å². The van der Waals surface area contributed by atoms with Gasteiger partial charge in [0.15, 0.2) is 0 Å². The molecule has 1 atom stereocenters. The van der Waals surface area contributed by atoms with Crippen molar-refractivity contribution in [2.45, 2.75) is 25.8 Å². The molecule has 4 nitrogen and oxygen atoms in total. The SMILES string of the molecule is CC(C)c1cccc(N(C)C(=O)C2COCCN2)c1.Cl. The van der Waals surface area contributed by atoms with Gasteiger partial charge >= 0.3 is 0 Å². The monoisotopic (exact) mass is 298 g/mol. The smallest absolute Gasteiger partial charge is 0.246 e. The molecule has 0 aliphatic carbocycles. The van der Waals surface area contributed by atoms with Gasteiger partial charge in [0.05, 0.1) is 13.2 Å². The molecule has 1 amide bonds. The first-order chi connectivity index (χ1) is 9.09. The Kier molecular flexibility index (Phi) is 6.46. The summed E-state index contributed by atoms with van der Waals surface area (Å²) >= 11 is 0. The molecule has 0 bridgehead atoms. The van der Waals surface area contributed by atoms with Gasteiger partial charge in [-0.25, -0.2) is 0 Å². The van der Waals surface area contributed by atoms with E-state index in [0.29, 0.717) is 19.1 Å². The number of nitrogens with one attached hydrogen (secondary N) is 1. The van der Waals surface area contributed by atoms with Crippen molar-refractivity contribution in [3.8, 4) is 0 Å². The predicted molar refractivity (Wildman–Crippen MR) is 83.8 cm³/mol. The van der Waals surface area contributed by atoms with Crippen LogP contribution in [0.2, 0.25) is 0 Å². The Morgan fingerprint density at radius 2 is 2.20 bits per heavy atom. The zero-order valence-electron chi connectivity index (χ0n) is 12.3. The average Bonchev–Trinajstić information content (AvgIpc) is 2.46. The van der Waals surface area contributed by atoms with Crippen molar-refractivity contribution in [3.63, 3.8) is 0 Å². The number of likely N-dealkylation sites (N-methyl/N-ethyl adjacent to an activating group) is 1. The lowest BCUT2D eigenvalue weighted by molar-refractivity contribution is -0.123. The fourth-order valence-electron chi connectivity index (χ4n) is 2.18. The highest BCUT2D eigenvalue weighted by Crippen LogP contribution is 2.21. The minimum atomic E-state index is -0.235. The molecule has 112 valence electrons. The fourth-order valence-corrected chi connectivity index (χ4v) is 2.18. The van der Waals surface area contributed by atoms with E-state index >= 15 is 0 Å². The van der Waals surface area contributed by atoms with Crippen LogP contribution in [0.15, 0.2) is 24.3 Å². The van der Waals surface area contributed by atoms with Crippen LogP contribution in [0.4, 0.5) is 5.69 Å². The number of halogens is 1. The van der Waals surface area contributed by atoms with Gasteiger partial charge in [-0.2, -0.15) is 0 Å². The summed E-state index contributed by atoms with van der Waals surface area (Å²) in [5, 5.41) is 3.19. The summed E-state index contributed by atoms with van der Waals surface area (Å²) in [6.07, 6.45) is 0. The van der Waals surface area contributed by atoms with Gasteiger partial charge in [0, 0.05) is 19.3 Å². The van der Waals surface area contributed by atoms with Gasteiger partial charge in [-0.3, -0.25) is 4.79 Å². The van der Waals surface area contributed by atoms with Crippen LogP contribution in [-0.2, 0) is 9.53 Å². The molecule has 1 aliphatic rings. The van der Waals surface area contributed by atoms with Crippen molar-refractivity contribution in [3.05, 3.63) is 29.8 Å². The number of rotatable bonds is 3. The van der Waals surface area contributed by atoms with E-state index in [-0.39, 0.29) is 24.4 Å². The summed E-state index contributed by atoms with van der Waals surface area (Å²) < 4.78 is 5.34. The number of carbonyl (C=O) groups excluding carboxylic acids is 1. The zero-order chi connectivity index (χ0) is 13.8. The van der Waals surface area contributed by atoms with E-state index in [9.17, 15) is 4.79 Å². The van der Waals surface area contributed by atoms with Gasteiger partial charge in [0.2, 0.25) is 5.91 Å². The van der Waals surface area contributed by atoms with E-state index in [0.717, 1.165) is 12.2 Å². The maximum atomic E-state index is 12.4. The van der Waals surface area contributed by atoms with Gasteiger partial charge in [-0.15, -0.1) is 12.4 Å². The molecule has 0 spiro atoms. The van der Waals surface area contributed by atoms with E-state index in [1.807, 2.05) is 19.2 Å². The largest absolute Gasteiger partial charge is 0.378 e. The van der Waals surface area contributed by atoms with Crippen LogP contribution in [-0.4, -0.2) is 38.8 Å². The van der Waals surface area contributed by atoms with E-state index in [4.69, 9.17) is 4.74 Å². The van der Waals surface area contributed by atoms with E-state index in [1.165, 1.54) is 5.56 Å². The topological polar surface area (TPSA) is 41.6 Å². The molecule has 1 N–H and O–H groups in total. The Hall–Kier alpha value is -1.10. The van der Waals surface area contributed by atoms with Crippen molar-refractivity contribution in [1.82, 2.24) is 5.32 Å². The normalized spacial score (nSPS) is 18.5. The third kappa shape index (κ3) is 3.95. The molecule has 0 aromatic heterocycles. The van der Waals surface area contributed by atoms with Crippen LogP contribution in [0.1, 0.15) is 25.3 Å². The number of anilines is 1. The van der Waals surface area contributed by atoms with Crippen molar-refractivity contribution < 1.29 is 9.53 Å². The molecule has 1 aliphatic heterocycles. The summed E-state index contributed by atoms with van der Waals surface area (Å²) in [5.74, 6) is 0.514.